The second-order valence-electron chi connectivity index (χ2n) is 4.32. The van der Waals surface area contributed by atoms with Gasteiger partial charge in [0, 0.05) is 19.0 Å². The Morgan fingerprint density at radius 3 is 2.56 bits per heavy atom. The summed E-state index contributed by atoms with van der Waals surface area (Å²) in [7, 11) is 0. The van der Waals surface area contributed by atoms with Crippen molar-refractivity contribution in [1.82, 2.24) is 5.32 Å². The summed E-state index contributed by atoms with van der Waals surface area (Å²) >= 11 is 0. The first-order valence-corrected chi connectivity index (χ1v) is 6.03. The minimum absolute atomic E-state index is 0.283. The Labute approximate surface area is 96.7 Å². The topological polar surface area (TPSA) is 93.5 Å². The highest BCUT2D eigenvalue weighted by Crippen LogP contribution is 2.16. The van der Waals surface area contributed by atoms with Gasteiger partial charge in [0.2, 0.25) is 5.91 Å². The lowest BCUT2D eigenvalue weighted by Gasteiger charge is -2.23. The van der Waals surface area contributed by atoms with Crippen LogP contribution in [0.4, 0.5) is 0 Å². The van der Waals surface area contributed by atoms with E-state index in [9.17, 15) is 4.79 Å². The van der Waals surface area contributed by atoms with E-state index in [0.29, 0.717) is 31.4 Å². The third kappa shape index (κ3) is 5.58. The highest BCUT2D eigenvalue weighted by molar-refractivity contribution is 5.78. The van der Waals surface area contributed by atoms with Gasteiger partial charge in [0.15, 0.2) is 5.96 Å². The fourth-order valence-electron chi connectivity index (χ4n) is 1.95. The number of hydrogen-bond acceptors (Lipinski definition) is 2. The first-order chi connectivity index (χ1) is 7.68. The van der Waals surface area contributed by atoms with E-state index in [0.717, 1.165) is 0 Å². The summed E-state index contributed by atoms with van der Waals surface area (Å²) in [6, 6.07) is 0.480. The number of hydrogen-bond donors (Lipinski definition) is 3. The Hall–Kier alpha value is -1.26. The largest absolute Gasteiger partial charge is 0.370 e. The van der Waals surface area contributed by atoms with Gasteiger partial charge in [0.25, 0.3) is 0 Å². The molecule has 92 valence electrons. The minimum Gasteiger partial charge on any atom is -0.370 e. The van der Waals surface area contributed by atoms with Gasteiger partial charge in [0.05, 0.1) is 0 Å². The number of primary amides is 1. The van der Waals surface area contributed by atoms with Crippen LogP contribution >= 0.6 is 0 Å². The Balaban J connectivity index is 2.14. The molecule has 1 amide bonds. The Bertz CT molecular complexity index is 246. The second-order valence-corrected chi connectivity index (χ2v) is 4.32. The zero-order valence-electron chi connectivity index (χ0n) is 9.74. The van der Waals surface area contributed by atoms with E-state index in [1.165, 1.54) is 32.1 Å². The van der Waals surface area contributed by atoms with Crippen LogP contribution in [0, 0.1) is 0 Å². The van der Waals surface area contributed by atoms with Gasteiger partial charge < -0.3 is 16.8 Å². The van der Waals surface area contributed by atoms with Gasteiger partial charge in [-0.3, -0.25) is 9.79 Å². The van der Waals surface area contributed by atoms with Crippen LogP contribution in [0.25, 0.3) is 0 Å². The number of nitrogens with one attached hydrogen (secondary N) is 1. The van der Waals surface area contributed by atoms with Crippen LogP contribution in [0.3, 0.4) is 0 Å². The lowest BCUT2D eigenvalue weighted by molar-refractivity contribution is -0.118. The SMILES string of the molecule is NC(=O)CCCN=C(N)NC1CCCCC1. The van der Waals surface area contributed by atoms with Crippen LogP contribution in [-0.4, -0.2) is 24.5 Å². The van der Waals surface area contributed by atoms with Crippen LogP contribution < -0.4 is 16.8 Å². The van der Waals surface area contributed by atoms with Crippen LogP contribution in [0.15, 0.2) is 4.99 Å². The smallest absolute Gasteiger partial charge is 0.217 e. The highest BCUT2D eigenvalue weighted by Gasteiger charge is 2.12. The monoisotopic (exact) mass is 226 g/mol. The van der Waals surface area contributed by atoms with Crippen LogP contribution in [0.1, 0.15) is 44.9 Å². The highest BCUT2D eigenvalue weighted by atomic mass is 16.1. The van der Waals surface area contributed by atoms with Crippen molar-refractivity contribution in [2.75, 3.05) is 6.54 Å². The Morgan fingerprint density at radius 1 is 1.25 bits per heavy atom. The van der Waals surface area contributed by atoms with Crippen molar-refractivity contribution in [2.45, 2.75) is 51.0 Å². The molecule has 0 unspecified atom stereocenters. The zero-order valence-corrected chi connectivity index (χ0v) is 9.74. The predicted octanol–water partition coefficient (Wildman–Crippen LogP) is 0.489. The molecule has 0 bridgehead atoms. The molecule has 5 heteroatoms. The van der Waals surface area contributed by atoms with Gasteiger partial charge in [0.1, 0.15) is 0 Å². The van der Waals surface area contributed by atoms with Gasteiger partial charge in [-0.15, -0.1) is 0 Å². The molecule has 16 heavy (non-hydrogen) atoms. The number of amides is 1. The maximum absolute atomic E-state index is 10.5. The molecule has 1 fully saturated rings. The number of guanidine groups is 1. The number of nitrogens with zero attached hydrogens (tertiary/aromatic N) is 1. The molecule has 1 rings (SSSR count). The second kappa shape index (κ2) is 7.09. The van der Waals surface area contributed by atoms with E-state index < -0.39 is 0 Å². The molecule has 1 saturated carbocycles. The molecular weight excluding hydrogens is 204 g/mol. The van der Waals surface area contributed by atoms with E-state index in [1.54, 1.807) is 0 Å². The van der Waals surface area contributed by atoms with Crippen molar-refractivity contribution in [1.29, 1.82) is 0 Å². The molecule has 0 heterocycles. The van der Waals surface area contributed by atoms with Crippen molar-refractivity contribution in [3.05, 3.63) is 0 Å². The quantitative estimate of drug-likeness (QED) is 0.362. The summed E-state index contributed by atoms with van der Waals surface area (Å²) in [4.78, 5) is 14.7. The third-order valence-electron chi connectivity index (χ3n) is 2.82. The lowest BCUT2D eigenvalue weighted by Crippen LogP contribution is -2.41. The summed E-state index contributed by atoms with van der Waals surface area (Å²) in [6.07, 6.45) is 7.27. The van der Waals surface area contributed by atoms with Crippen molar-refractivity contribution in [3.63, 3.8) is 0 Å². The van der Waals surface area contributed by atoms with Gasteiger partial charge >= 0.3 is 0 Å². The molecule has 0 aromatic rings. The van der Waals surface area contributed by atoms with Gasteiger partial charge in [-0.25, -0.2) is 0 Å². The number of nitrogens with two attached hydrogens (primary N) is 2. The van der Waals surface area contributed by atoms with Crippen molar-refractivity contribution in [3.8, 4) is 0 Å². The predicted molar refractivity (Wildman–Crippen MR) is 64.9 cm³/mol. The summed E-state index contributed by atoms with van der Waals surface area (Å²) in [6.45, 7) is 0.564. The third-order valence-corrected chi connectivity index (χ3v) is 2.82. The van der Waals surface area contributed by atoms with Crippen molar-refractivity contribution >= 4 is 11.9 Å². The molecule has 0 spiro atoms. The molecule has 0 aliphatic heterocycles. The molecule has 0 saturated heterocycles. The molecule has 1 aliphatic carbocycles. The number of aliphatic imine (C=N–C) groups is 1. The van der Waals surface area contributed by atoms with Crippen molar-refractivity contribution in [2.24, 2.45) is 16.5 Å². The van der Waals surface area contributed by atoms with E-state index in [4.69, 9.17) is 11.5 Å². The maximum Gasteiger partial charge on any atom is 0.217 e. The van der Waals surface area contributed by atoms with Gasteiger partial charge in [-0.1, -0.05) is 19.3 Å². The van der Waals surface area contributed by atoms with E-state index in [-0.39, 0.29) is 5.91 Å². The summed E-state index contributed by atoms with van der Waals surface area (Å²) in [5.41, 5.74) is 10.8. The Morgan fingerprint density at radius 2 is 1.94 bits per heavy atom. The molecule has 0 aromatic heterocycles. The van der Waals surface area contributed by atoms with E-state index in [1.807, 2.05) is 0 Å². The summed E-state index contributed by atoms with van der Waals surface area (Å²) < 4.78 is 0. The summed E-state index contributed by atoms with van der Waals surface area (Å²) in [5.74, 6) is 0.213. The maximum atomic E-state index is 10.5. The van der Waals surface area contributed by atoms with Gasteiger partial charge in [-0.05, 0) is 19.3 Å². The first-order valence-electron chi connectivity index (χ1n) is 6.03. The normalized spacial score (nSPS) is 18.4. The molecule has 5 N–H and O–H groups in total. The van der Waals surface area contributed by atoms with Crippen LogP contribution in [0.2, 0.25) is 0 Å². The molecule has 0 aromatic carbocycles. The number of carbonyl (C=O) groups excluding carboxylic acids is 1. The fourth-order valence-corrected chi connectivity index (χ4v) is 1.95. The minimum atomic E-state index is -0.283. The number of rotatable bonds is 5. The molecule has 0 atom stereocenters. The first kappa shape index (κ1) is 12.8. The molecular formula is C11H22N4O. The average molecular weight is 226 g/mol. The average Bonchev–Trinajstić information content (AvgIpc) is 2.25. The Kier molecular flexibility index (Phi) is 5.67. The molecule has 1 aliphatic rings. The number of carbonyl (C=O) groups is 1. The van der Waals surface area contributed by atoms with Gasteiger partial charge in [-0.2, -0.15) is 0 Å². The van der Waals surface area contributed by atoms with E-state index >= 15 is 0 Å². The van der Waals surface area contributed by atoms with Crippen LogP contribution in [0.5, 0.6) is 0 Å². The van der Waals surface area contributed by atoms with Crippen LogP contribution in [-0.2, 0) is 4.79 Å². The molecule has 0 radical (unpaired) electrons. The standard InChI is InChI=1S/C11H22N4O/c12-10(16)7-4-8-14-11(13)15-9-5-2-1-3-6-9/h9H,1-8H2,(H2,12,16)(H3,13,14,15). The van der Waals surface area contributed by atoms with Crippen molar-refractivity contribution < 1.29 is 4.79 Å². The summed E-state index contributed by atoms with van der Waals surface area (Å²) in [5, 5.41) is 3.22. The zero-order chi connectivity index (χ0) is 11.8. The lowest BCUT2D eigenvalue weighted by atomic mass is 9.96. The fraction of sp³-hybridized carbons (Fsp3) is 0.818. The molecule has 5 nitrogen and oxygen atoms in total. The van der Waals surface area contributed by atoms with E-state index in [2.05, 4.69) is 10.3 Å².